The first-order valence-corrected chi connectivity index (χ1v) is 10.2. The van der Waals surface area contributed by atoms with Crippen molar-refractivity contribution in [1.29, 1.82) is 0 Å². The van der Waals surface area contributed by atoms with E-state index in [2.05, 4.69) is 20.1 Å². The zero-order valence-electron chi connectivity index (χ0n) is 13.6. The van der Waals surface area contributed by atoms with E-state index in [9.17, 15) is 8.42 Å². The third kappa shape index (κ3) is 3.56. The van der Waals surface area contributed by atoms with Gasteiger partial charge in [-0.3, -0.25) is 9.89 Å². The predicted octanol–water partition coefficient (Wildman–Crippen LogP) is 0.168. The lowest BCUT2D eigenvalue weighted by Crippen LogP contribution is -2.47. The van der Waals surface area contributed by atoms with E-state index in [-0.39, 0.29) is 0 Å². The summed E-state index contributed by atoms with van der Waals surface area (Å²) < 4.78 is 22.9. The Morgan fingerprint density at radius 2 is 1.91 bits per heavy atom. The van der Waals surface area contributed by atoms with Crippen LogP contribution in [0.2, 0.25) is 0 Å². The topological polar surface area (TPSA) is 65.0 Å². The van der Waals surface area contributed by atoms with Gasteiger partial charge in [0.25, 0.3) is 0 Å². The van der Waals surface area contributed by atoms with Crippen molar-refractivity contribution in [3.63, 3.8) is 0 Å². The van der Waals surface area contributed by atoms with Crippen molar-refractivity contribution in [3.05, 3.63) is 0 Å². The zero-order valence-corrected chi connectivity index (χ0v) is 14.4. The number of hydrogen-bond acceptors (Lipinski definition) is 4. The van der Waals surface area contributed by atoms with Crippen LogP contribution in [0.25, 0.3) is 0 Å². The number of likely N-dealkylation sites (tertiary alicyclic amines) is 1. The summed E-state index contributed by atoms with van der Waals surface area (Å²) in [7, 11) is -0.930. The maximum absolute atomic E-state index is 11.4. The number of nitrogens with one attached hydrogen (secondary N) is 1. The van der Waals surface area contributed by atoms with Gasteiger partial charge in [-0.25, -0.2) is 8.42 Å². The fraction of sp³-hybridized carbons (Fsp3) is 0.933. The van der Waals surface area contributed by atoms with Gasteiger partial charge in [0.15, 0.2) is 15.8 Å². The third-order valence-electron chi connectivity index (χ3n) is 5.51. The molecular weight excluding hydrogens is 300 g/mol. The van der Waals surface area contributed by atoms with Gasteiger partial charge in [0, 0.05) is 46.3 Å². The summed E-state index contributed by atoms with van der Waals surface area (Å²) in [6.07, 6.45) is 5.45. The molecule has 0 atom stereocenters. The summed E-state index contributed by atoms with van der Waals surface area (Å²) in [6, 6.07) is 0. The number of nitrogens with zero attached hydrogens (tertiary/aromatic N) is 3. The molecule has 6 nitrogen and oxygen atoms in total. The Morgan fingerprint density at radius 1 is 1.18 bits per heavy atom. The highest BCUT2D eigenvalue weighted by molar-refractivity contribution is 7.91. The van der Waals surface area contributed by atoms with Gasteiger partial charge in [0.2, 0.25) is 0 Å². The molecule has 1 spiro atoms. The summed E-state index contributed by atoms with van der Waals surface area (Å²) in [5.74, 6) is 1.61. The molecule has 0 unspecified atom stereocenters. The quantitative estimate of drug-likeness (QED) is 0.591. The van der Waals surface area contributed by atoms with E-state index in [4.69, 9.17) is 0 Å². The highest BCUT2D eigenvalue weighted by Crippen LogP contribution is 2.47. The molecule has 3 aliphatic rings. The molecule has 3 rings (SSSR count). The molecule has 0 bridgehead atoms. The molecule has 2 aliphatic heterocycles. The lowest BCUT2D eigenvalue weighted by molar-refractivity contribution is 0.151. The minimum Gasteiger partial charge on any atom is -0.355 e. The molecule has 2 saturated heterocycles. The minimum atomic E-state index is -2.78. The third-order valence-corrected chi connectivity index (χ3v) is 7.12. The number of hydrogen-bond donors (Lipinski definition) is 1. The molecule has 2 heterocycles. The highest BCUT2D eigenvalue weighted by atomic mass is 32.2. The van der Waals surface area contributed by atoms with E-state index < -0.39 is 9.84 Å². The SMILES string of the molecule is CN=C(NCCN1CCS(=O)(=O)CC1)N1CCC2(CCC2)C1. The Kier molecular flexibility index (Phi) is 4.64. The molecule has 0 aromatic heterocycles. The molecule has 7 heteroatoms. The van der Waals surface area contributed by atoms with Gasteiger partial charge < -0.3 is 10.2 Å². The second-order valence-electron chi connectivity index (χ2n) is 6.99. The fourth-order valence-electron chi connectivity index (χ4n) is 3.83. The Bertz CT molecular complexity index is 514. The summed E-state index contributed by atoms with van der Waals surface area (Å²) in [4.78, 5) is 9.03. The predicted molar refractivity (Wildman–Crippen MR) is 88.9 cm³/mol. The van der Waals surface area contributed by atoms with Crippen LogP contribution in [0.15, 0.2) is 4.99 Å². The summed E-state index contributed by atoms with van der Waals surface area (Å²) >= 11 is 0. The van der Waals surface area contributed by atoms with Crippen molar-refractivity contribution in [2.24, 2.45) is 10.4 Å². The Labute approximate surface area is 133 Å². The number of rotatable bonds is 3. The van der Waals surface area contributed by atoms with Crippen LogP contribution >= 0.6 is 0 Å². The van der Waals surface area contributed by atoms with Gasteiger partial charge >= 0.3 is 0 Å². The maximum atomic E-state index is 11.4. The van der Waals surface area contributed by atoms with E-state index in [0.717, 1.165) is 32.1 Å². The van der Waals surface area contributed by atoms with E-state index in [1.54, 1.807) is 0 Å². The Hall–Kier alpha value is -0.820. The molecule has 22 heavy (non-hydrogen) atoms. The van der Waals surface area contributed by atoms with Crippen LogP contribution in [0, 0.1) is 5.41 Å². The molecule has 0 radical (unpaired) electrons. The molecule has 3 fully saturated rings. The van der Waals surface area contributed by atoms with Gasteiger partial charge in [-0.05, 0) is 24.7 Å². The number of aliphatic imine (C=N–C) groups is 1. The van der Waals surface area contributed by atoms with Gasteiger partial charge in [-0.1, -0.05) is 6.42 Å². The lowest BCUT2D eigenvalue weighted by Gasteiger charge is -2.38. The monoisotopic (exact) mass is 328 g/mol. The van der Waals surface area contributed by atoms with Gasteiger partial charge in [-0.15, -0.1) is 0 Å². The van der Waals surface area contributed by atoms with Crippen LogP contribution in [0.5, 0.6) is 0 Å². The van der Waals surface area contributed by atoms with Crippen molar-refractivity contribution >= 4 is 15.8 Å². The average molecular weight is 328 g/mol. The van der Waals surface area contributed by atoms with Crippen molar-refractivity contribution in [1.82, 2.24) is 15.1 Å². The summed E-state index contributed by atoms with van der Waals surface area (Å²) in [5, 5.41) is 3.45. The molecule has 0 amide bonds. The molecule has 1 saturated carbocycles. The van der Waals surface area contributed by atoms with Gasteiger partial charge in [0.1, 0.15) is 0 Å². The second kappa shape index (κ2) is 6.35. The van der Waals surface area contributed by atoms with Crippen molar-refractivity contribution < 1.29 is 8.42 Å². The second-order valence-corrected chi connectivity index (χ2v) is 9.30. The van der Waals surface area contributed by atoms with Crippen LogP contribution in [0.3, 0.4) is 0 Å². The van der Waals surface area contributed by atoms with Crippen molar-refractivity contribution in [2.45, 2.75) is 25.7 Å². The molecule has 126 valence electrons. The first kappa shape index (κ1) is 16.1. The van der Waals surface area contributed by atoms with Crippen LogP contribution < -0.4 is 5.32 Å². The Balaban J connectivity index is 1.41. The first-order valence-electron chi connectivity index (χ1n) is 8.40. The Morgan fingerprint density at radius 3 is 2.45 bits per heavy atom. The zero-order chi connectivity index (χ0) is 15.6. The number of sulfone groups is 1. The molecular formula is C15H28N4O2S. The van der Waals surface area contributed by atoms with E-state index in [1.807, 2.05) is 7.05 Å². The van der Waals surface area contributed by atoms with Crippen LogP contribution in [0.4, 0.5) is 0 Å². The van der Waals surface area contributed by atoms with Crippen LogP contribution in [-0.2, 0) is 9.84 Å². The van der Waals surface area contributed by atoms with Crippen LogP contribution in [0.1, 0.15) is 25.7 Å². The smallest absolute Gasteiger partial charge is 0.193 e. The van der Waals surface area contributed by atoms with Crippen LogP contribution in [-0.4, -0.2) is 82.0 Å². The highest BCUT2D eigenvalue weighted by Gasteiger charge is 2.43. The molecule has 0 aromatic rings. The molecule has 0 aromatic carbocycles. The maximum Gasteiger partial charge on any atom is 0.193 e. The molecule has 1 N–H and O–H groups in total. The minimum absolute atomic E-state index is 0.302. The lowest BCUT2D eigenvalue weighted by atomic mass is 9.68. The van der Waals surface area contributed by atoms with Crippen molar-refractivity contribution in [3.8, 4) is 0 Å². The average Bonchev–Trinajstić information content (AvgIpc) is 2.91. The largest absolute Gasteiger partial charge is 0.355 e. The summed E-state index contributed by atoms with van der Waals surface area (Å²) in [5.41, 5.74) is 0.582. The van der Waals surface area contributed by atoms with Crippen molar-refractivity contribution in [2.75, 3.05) is 57.8 Å². The van der Waals surface area contributed by atoms with E-state index in [1.165, 1.54) is 25.7 Å². The van der Waals surface area contributed by atoms with Gasteiger partial charge in [-0.2, -0.15) is 0 Å². The number of guanidine groups is 1. The standard InChI is InChI=1S/C15H28N4O2S/c1-16-14(19-7-5-15(13-19)3-2-4-15)17-6-8-18-9-11-22(20,21)12-10-18/h2-13H2,1H3,(H,16,17). The fourth-order valence-corrected chi connectivity index (χ4v) is 5.11. The first-order chi connectivity index (χ1) is 10.5. The summed E-state index contributed by atoms with van der Waals surface area (Å²) in [6.45, 7) is 5.30. The van der Waals surface area contributed by atoms with Gasteiger partial charge in [0.05, 0.1) is 11.5 Å². The van der Waals surface area contributed by atoms with E-state index >= 15 is 0 Å². The normalized spacial score (nSPS) is 27.9. The molecule has 1 aliphatic carbocycles. The van der Waals surface area contributed by atoms with E-state index in [0.29, 0.717) is 30.0 Å².